The molecule has 0 aliphatic heterocycles. The fraction of sp³-hybridized carbons (Fsp3) is 0.333. The average molecular weight is 414 g/mol. The number of fused-ring (bicyclic) bond motifs is 1. The number of amides is 1. The van der Waals surface area contributed by atoms with Gasteiger partial charge in [-0.05, 0) is 36.9 Å². The van der Waals surface area contributed by atoms with Crippen molar-refractivity contribution in [1.29, 1.82) is 0 Å². The van der Waals surface area contributed by atoms with Crippen LogP contribution >= 0.6 is 11.6 Å². The lowest BCUT2D eigenvalue weighted by Gasteiger charge is -2.30. The number of carbonyl (C=O) groups is 1. The van der Waals surface area contributed by atoms with Gasteiger partial charge in [-0.15, -0.1) is 5.10 Å². The zero-order chi connectivity index (χ0) is 20.8. The molecule has 0 aliphatic carbocycles. The number of rotatable bonds is 8. The van der Waals surface area contributed by atoms with E-state index in [0.717, 1.165) is 23.3 Å². The molecule has 0 radical (unpaired) electrons. The fourth-order valence-corrected chi connectivity index (χ4v) is 3.64. The minimum atomic E-state index is -0.336. The molecule has 2 aromatic carbocycles. The summed E-state index contributed by atoms with van der Waals surface area (Å²) in [7, 11) is 0. The minimum absolute atomic E-state index is 0.0675. The van der Waals surface area contributed by atoms with Gasteiger partial charge in [-0.3, -0.25) is 14.5 Å². The van der Waals surface area contributed by atoms with Crippen LogP contribution in [-0.4, -0.2) is 45.4 Å². The number of benzene rings is 2. The van der Waals surface area contributed by atoms with Crippen LogP contribution < -0.4 is 10.9 Å². The summed E-state index contributed by atoms with van der Waals surface area (Å²) in [5.41, 5.74) is 1.13. The van der Waals surface area contributed by atoms with Crippen LogP contribution in [0.5, 0.6) is 0 Å². The number of hydrogen-bond donors (Lipinski definition) is 1. The molecule has 0 aliphatic rings. The van der Waals surface area contributed by atoms with Crippen LogP contribution in [0.4, 0.5) is 0 Å². The third-order valence-corrected chi connectivity index (χ3v) is 5.28. The van der Waals surface area contributed by atoms with Gasteiger partial charge in [0.2, 0.25) is 5.91 Å². The molecule has 152 valence electrons. The molecule has 0 fully saturated rings. The average Bonchev–Trinajstić information content (AvgIpc) is 2.74. The topological polar surface area (TPSA) is 80.1 Å². The van der Waals surface area contributed by atoms with E-state index in [1.54, 1.807) is 24.3 Å². The third kappa shape index (κ3) is 4.81. The van der Waals surface area contributed by atoms with Gasteiger partial charge in [0.1, 0.15) is 12.1 Å². The minimum Gasteiger partial charge on any atom is -0.353 e. The highest BCUT2D eigenvalue weighted by Gasteiger charge is 2.21. The van der Waals surface area contributed by atoms with Crippen molar-refractivity contribution in [2.45, 2.75) is 26.4 Å². The van der Waals surface area contributed by atoms with E-state index in [2.05, 4.69) is 34.4 Å². The van der Waals surface area contributed by atoms with Crippen molar-refractivity contribution >= 4 is 28.4 Å². The van der Waals surface area contributed by atoms with Gasteiger partial charge in [-0.25, -0.2) is 4.68 Å². The Balaban J connectivity index is 1.74. The predicted molar refractivity (Wildman–Crippen MR) is 114 cm³/mol. The van der Waals surface area contributed by atoms with E-state index in [1.807, 2.05) is 24.3 Å². The van der Waals surface area contributed by atoms with E-state index in [0.29, 0.717) is 22.5 Å². The van der Waals surface area contributed by atoms with Gasteiger partial charge in [-0.2, -0.15) is 0 Å². The van der Waals surface area contributed by atoms with E-state index < -0.39 is 0 Å². The molecule has 3 rings (SSSR count). The summed E-state index contributed by atoms with van der Waals surface area (Å²) in [4.78, 5) is 27.3. The Bertz CT molecular complexity index is 1050. The van der Waals surface area contributed by atoms with Crippen LogP contribution in [-0.2, 0) is 11.3 Å². The van der Waals surface area contributed by atoms with Gasteiger partial charge >= 0.3 is 0 Å². The highest BCUT2D eigenvalue weighted by atomic mass is 35.5. The molecule has 7 nitrogen and oxygen atoms in total. The summed E-state index contributed by atoms with van der Waals surface area (Å²) in [6.07, 6.45) is 0. The van der Waals surface area contributed by atoms with Crippen LogP contribution in [0.3, 0.4) is 0 Å². The standard InChI is InChI=1S/C21H24ClN5O2/c1-3-26(4-2)19(15-9-5-7-11-17(15)22)13-23-20(28)14-27-21(29)16-10-6-8-12-18(16)24-25-27/h5-12,19H,3-4,13-14H2,1-2H3,(H,23,28)/t19-/m1/s1. The maximum Gasteiger partial charge on any atom is 0.278 e. The Hall–Kier alpha value is -2.77. The second-order valence-corrected chi connectivity index (χ2v) is 7.04. The Kier molecular flexibility index (Phi) is 6.95. The first-order valence-electron chi connectivity index (χ1n) is 9.62. The molecule has 8 heteroatoms. The van der Waals surface area contributed by atoms with Crippen LogP contribution in [0.2, 0.25) is 5.02 Å². The zero-order valence-electron chi connectivity index (χ0n) is 16.5. The molecule has 1 aromatic heterocycles. The maximum atomic E-state index is 12.5. The molecule has 1 atom stereocenters. The largest absolute Gasteiger partial charge is 0.353 e. The van der Waals surface area contributed by atoms with Crippen molar-refractivity contribution in [3.63, 3.8) is 0 Å². The SMILES string of the molecule is CCN(CC)[C@H](CNC(=O)Cn1nnc2ccccc2c1=O)c1ccccc1Cl. The molecule has 0 saturated heterocycles. The number of carbonyl (C=O) groups excluding carboxylic acids is 1. The first-order chi connectivity index (χ1) is 14.0. The summed E-state index contributed by atoms with van der Waals surface area (Å²) in [5.74, 6) is -0.305. The molecule has 0 bridgehead atoms. The second-order valence-electron chi connectivity index (χ2n) is 6.63. The summed E-state index contributed by atoms with van der Waals surface area (Å²) < 4.78 is 1.08. The number of halogens is 1. The van der Waals surface area contributed by atoms with Gasteiger partial charge in [0, 0.05) is 11.6 Å². The molecule has 1 amide bonds. The van der Waals surface area contributed by atoms with Crippen molar-refractivity contribution in [1.82, 2.24) is 25.2 Å². The quantitative estimate of drug-likeness (QED) is 0.614. The smallest absolute Gasteiger partial charge is 0.278 e. The number of hydrogen-bond acceptors (Lipinski definition) is 5. The Morgan fingerprint density at radius 1 is 1.14 bits per heavy atom. The van der Waals surface area contributed by atoms with Gasteiger partial charge in [0.15, 0.2) is 0 Å². The summed E-state index contributed by atoms with van der Waals surface area (Å²) in [6.45, 7) is 5.96. The van der Waals surface area contributed by atoms with E-state index >= 15 is 0 Å². The van der Waals surface area contributed by atoms with E-state index in [1.165, 1.54) is 0 Å². The Labute approximate surface area is 174 Å². The highest BCUT2D eigenvalue weighted by Crippen LogP contribution is 2.26. The van der Waals surface area contributed by atoms with Gasteiger partial charge in [0.05, 0.1) is 11.4 Å². The number of aromatic nitrogens is 3. The van der Waals surface area contributed by atoms with E-state index in [9.17, 15) is 9.59 Å². The highest BCUT2D eigenvalue weighted by molar-refractivity contribution is 6.31. The molecule has 0 unspecified atom stereocenters. The van der Waals surface area contributed by atoms with Gasteiger partial charge in [-0.1, -0.05) is 61.0 Å². The number of likely N-dealkylation sites (N-methyl/N-ethyl adjacent to an activating group) is 1. The lowest BCUT2D eigenvalue weighted by atomic mass is 10.0. The summed E-state index contributed by atoms with van der Waals surface area (Å²) >= 11 is 6.40. The number of nitrogens with one attached hydrogen (secondary N) is 1. The molecule has 1 N–H and O–H groups in total. The fourth-order valence-electron chi connectivity index (χ4n) is 3.37. The van der Waals surface area contributed by atoms with Gasteiger partial charge in [0.25, 0.3) is 5.56 Å². The van der Waals surface area contributed by atoms with Crippen LogP contribution in [0.15, 0.2) is 53.3 Å². The van der Waals surface area contributed by atoms with Crippen LogP contribution in [0.25, 0.3) is 10.9 Å². The van der Waals surface area contributed by atoms with Gasteiger partial charge < -0.3 is 5.32 Å². The molecule has 0 saturated carbocycles. The van der Waals surface area contributed by atoms with Crippen molar-refractivity contribution in [2.75, 3.05) is 19.6 Å². The molecular weight excluding hydrogens is 390 g/mol. The third-order valence-electron chi connectivity index (χ3n) is 4.93. The van der Waals surface area contributed by atoms with E-state index in [4.69, 9.17) is 11.6 Å². The zero-order valence-corrected chi connectivity index (χ0v) is 17.3. The first kappa shape index (κ1) is 21.0. The van der Waals surface area contributed by atoms with Crippen molar-refractivity contribution in [3.8, 4) is 0 Å². The predicted octanol–water partition coefficient (Wildman–Crippen LogP) is 2.64. The normalized spacial score (nSPS) is 12.3. The second kappa shape index (κ2) is 9.62. The van der Waals surface area contributed by atoms with Crippen molar-refractivity contribution in [3.05, 3.63) is 69.5 Å². The summed E-state index contributed by atoms with van der Waals surface area (Å²) in [6, 6.07) is 14.5. The van der Waals surface area contributed by atoms with Crippen molar-refractivity contribution in [2.24, 2.45) is 0 Å². The molecule has 1 heterocycles. The first-order valence-corrected chi connectivity index (χ1v) is 10.0. The Morgan fingerprint density at radius 3 is 2.55 bits per heavy atom. The van der Waals surface area contributed by atoms with Crippen LogP contribution in [0.1, 0.15) is 25.5 Å². The molecular formula is C21H24ClN5O2. The number of nitrogens with zero attached hydrogens (tertiary/aromatic N) is 4. The van der Waals surface area contributed by atoms with Crippen LogP contribution in [0, 0.1) is 0 Å². The Morgan fingerprint density at radius 2 is 1.83 bits per heavy atom. The molecule has 3 aromatic rings. The van der Waals surface area contributed by atoms with Crippen molar-refractivity contribution < 1.29 is 4.79 Å². The lowest BCUT2D eigenvalue weighted by molar-refractivity contribution is -0.122. The molecule has 29 heavy (non-hydrogen) atoms. The lowest BCUT2D eigenvalue weighted by Crippen LogP contribution is -2.40. The maximum absolute atomic E-state index is 12.5. The monoisotopic (exact) mass is 413 g/mol. The molecule has 0 spiro atoms. The van der Waals surface area contributed by atoms with E-state index in [-0.39, 0.29) is 24.1 Å². The summed E-state index contributed by atoms with van der Waals surface area (Å²) in [5, 5.41) is 11.9.